The molecule has 1 aromatic rings. The topological polar surface area (TPSA) is 30.0 Å². The van der Waals surface area contributed by atoms with Crippen molar-refractivity contribution in [2.75, 3.05) is 63.8 Å². The Balaban J connectivity index is 1.20. The van der Waals surface area contributed by atoms with Gasteiger partial charge in [0.05, 0.1) is 16.6 Å². The van der Waals surface area contributed by atoms with Crippen molar-refractivity contribution in [3.63, 3.8) is 0 Å². The van der Waals surface area contributed by atoms with Gasteiger partial charge < -0.3 is 9.80 Å². The van der Waals surface area contributed by atoms with Crippen LogP contribution in [0.2, 0.25) is 10.0 Å². The van der Waals surface area contributed by atoms with Crippen LogP contribution in [0.3, 0.4) is 0 Å². The van der Waals surface area contributed by atoms with E-state index in [1.807, 2.05) is 18.2 Å². The van der Waals surface area contributed by atoms with E-state index in [-0.39, 0.29) is 5.91 Å². The minimum absolute atomic E-state index is 0.288. The van der Waals surface area contributed by atoms with Crippen molar-refractivity contribution in [2.24, 2.45) is 0 Å². The van der Waals surface area contributed by atoms with E-state index in [2.05, 4.69) is 19.6 Å². The molecule has 3 fully saturated rings. The van der Waals surface area contributed by atoms with Crippen molar-refractivity contribution in [2.45, 2.75) is 38.1 Å². The van der Waals surface area contributed by atoms with Crippen LogP contribution >= 0.6 is 23.2 Å². The maximum Gasteiger partial charge on any atom is 0.236 e. The third kappa shape index (κ3) is 5.38. The molecule has 29 heavy (non-hydrogen) atoms. The molecule has 0 atom stereocenters. The molecule has 0 aromatic heterocycles. The maximum absolute atomic E-state index is 12.8. The Labute approximate surface area is 184 Å². The predicted octanol–water partition coefficient (Wildman–Crippen LogP) is 3.59. The molecule has 2 aliphatic heterocycles. The van der Waals surface area contributed by atoms with Crippen LogP contribution < -0.4 is 4.90 Å². The molecule has 0 bridgehead atoms. The lowest BCUT2D eigenvalue weighted by Gasteiger charge is -2.41. The summed E-state index contributed by atoms with van der Waals surface area (Å²) >= 11 is 12.2. The van der Waals surface area contributed by atoms with Crippen molar-refractivity contribution in [3.05, 3.63) is 28.2 Å². The minimum Gasteiger partial charge on any atom is -0.369 e. The molecule has 1 amide bonds. The zero-order valence-electron chi connectivity index (χ0n) is 17.2. The predicted molar refractivity (Wildman–Crippen MR) is 120 cm³/mol. The van der Waals surface area contributed by atoms with Crippen LogP contribution in [0.15, 0.2) is 18.2 Å². The molecule has 7 heteroatoms. The number of anilines is 1. The quantitative estimate of drug-likeness (QED) is 0.718. The van der Waals surface area contributed by atoms with Gasteiger partial charge in [-0.1, -0.05) is 42.5 Å². The highest BCUT2D eigenvalue weighted by Crippen LogP contribution is 2.28. The number of hydrogen-bond donors (Lipinski definition) is 0. The van der Waals surface area contributed by atoms with Gasteiger partial charge in [0.15, 0.2) is 0 Å². The first-order chi connectivity index (χ1) is 14.1. The standard InChI is InChI=1S/C22H32Cl2N4O/c23-20-7-6-19(16-21(20)24)27-10-8-25(9-11-27)17-22(29)28-14-12-26(13-15-28)18-4-2-1-3-5-18/h6-7,16,18H,1-5,8-15,17H2. The summed E-state index contributed by atoms with van der Waals surface area (Å²) in [5.74, 6) is 0.288. The summed E-state index contributed by atoms with van der Waals surface area (Å²) in [7, 11) is 0. The van der Waals surface area contributed by atoms with E-state index in [9.17, 15) is 4.79 Å². The first kappa shape index (κ1) is 21.2. The number of carbonyl (C=O) groups is 1. The number of benzene rings is 1. The molecule has 0 spiro atoms. The number of hydrogen-bond acceptors (Lipinski definition) is 4. The first-order valence-electron chi connectivity index (χ1n) is 11.0. The second kappa shape index (κ2) is 9.86. The average Bonchev–Trinajstić information content (AvgIpc) is 2.77. The SMILES string of the molecule is O=C(CN1CCN(c2ccc(Cl)c(Cl)c2)CC1)N1CCN(C2CCCCC2)CC1. The first-order valence-corrected chi connectivity index (χ1v) is 11.8. The van der Waals surface area contributed by atoms with Gasteiger partial charge in [-0.2, -0.15) is 0 Å². The Morgan fingerprint density at radius 2 is 1.55 bits per heavy atom. The third-order valence-electron chi connectivity index (χ3n) is 6.76. The van der Waals surface area contributed by atoms with Gasteiger partial charge in [-0.3, -0.25) is 14.6 Å². The average molecular weight is 439 g/mol. The van der Waals surface area contributed by atoms with E-state index < -0.39 is 0 Å². The molecule has 4 rings (SSSR count). The van der Waals surface area contributed by atoms with E-state index in [0.29, 0.717) is 16.6 Å². The molecule has 3 aliphatic rings. The zero-order chi connectivity index (χ0) is 20.2. The molecule has 5 nitrogen and oxygen atoms in total. The summed E-state index contributed by atoms with van der Waals surface area (Å²) in [5.41, 5.74) is 1.10. The van der Waals surface area contributed by atoms with Gasteiger partial charge in [0, 0.05) is 64.1 Å². The molecule has 2 saturated heterocycles. The maximum atomic E-state index is 12.8. The van der Waals surface area contributed by atoms with Crippen LogP contribution in [0.1, 0.15) is 32.1 Å². The molecule has 0 unspecified atom stereocenters. The smallest absolute Gasteiger partial charge is 0.236 e. The Morgan fingerprint density at radius 1 is 0.862 bits per heavy atom. The second-order valence-corrected chi connectivity index (χ2v) is 9.38. The van der Waals surface area contributed by atoms with Crippen LogP contribution in [-0.2, 0) is 4.79 Å². The van der Waals surface area contributed by atoms with Crippen LogP contribution in [0.4, 0.5) is 5.69 Å². The highest BCUT2D eigenvalue weighted by molar-refractivity contribution is 6.42. The fourth-order valence-electron chi connectivity index (χ4n) is 4.92. The molecule has 160 valence electrons. The number of carbonyl (C=O) groups excluding carboxylic acids is 1. The fraction of sp³-hybridized carbons (Fsp3) is 0.682. The van der Waals surface area contributed by atoms with Gasteiger partial charge in [0.25, 0.3) is 0 Å². The van der Waals surface area contributed by atoms with Crippen LogP contribution in [0.25, 0.3) is 0 Å². The van der Waals surface area contributed by atoms with Gasteiger partial charge in [-0.15, -0.1) is 0 Å². The number of rotatable bonds is 4. The number of halogens is 2. The number of nitrogens with zero attached hydrogens (tertiary/aromatic N) is 4. The number of piperazine rings is 2. The Kier molecular flexibility index (Phi) is 7.22. The fourth-order valence-corrected chi connectivity index (χ4v) is 5.21. The van der Waals surface area contributed by atoms with Gasteiger partial charge in [-0.25, -0.2) is 0 Å². The van der Waals surface area contributed by atoms with E-state index in [1.165, 1.54) is 32.1 Å². The highest BCUT2D eigenvalue weighted by atomic mass is 35.5. The summed E-state index contributed by atoms with van der Waals surface area (Å²) < 4.78 is 0. The summed E-state index contributed by atoms with van der Waals surface area (Å²) in [5, 5.41) is 1.18. The Bertz CT molecular complexity index is 694. The van der Waals surface area contributed by atoms with E-state index >= 15 is 0 Å². The highest BCUT2D eigenvalue weighted by Gasteiger charge is 2.28. The summed E-state index contributed by atoms with van der Waals surface area (Å²) in [4.78, 5) is 22.1. The normalized spacial score (nSPS) is 22.8. The molecule has 0 N–H and O–H groups in total. The van der Waals surface area contributed by atoms with Gasteiger partial charge in [-0.05, 0) is 31.0 Å². The van der Waals surface area contributed by atoms with Crippen molar-refractivity contribution in [3.8, 4) is 0 Å². The molecule has 0 radical (unpaired) electrons. The van der Waals surface area contributed by atoms with E-state index in [4.69, 9.17) is 23.2 Å². The van der Waals surface area contributed by atoms with E-state index in [0.717, 1.165) is 64.1 Å². The molecule has 1 aliphatic carbocycles. The molecular formula is C22H32Cl2N4O. The lowest BCUT2D eigenvalue weighted by Crippen LogP contribution is -2.55. The monoisotopic (exact) mass is 438 g/mol. The summed E-state index contributed by atoms with van der Waals surface area (Å²) in [6.45, 7) is 8.00. The van der Waals surface area contributed by atoms with Crippen LogP contribution in [-0.4, -0.2) is 85.6 Å². The molecule has 1 aromatic carbocycles. The van der Waals surface area contributed by atoms with Crippen molar-refractivity contribution < 1.29 is 4.79 Å². The summed E-state index contributed by atoms with van der Waals surface area (Å²) in [6.07, 6.45) is 6.83. The summed E-state index contributed by atoms with van der Waals surface area (Å²) in [6, 6.07) is 6.55. The number of amides is 1. The van der Waals surface area contributed by atoms with Gasteiger partial charge in [0.1, 0.15) is 0 Å². The minimum atomic E-state index is 0.288. The third-order valence-corrected chi connectivity index (χ3v) is 7.50. The van der Waals surface area contributed by atoms with Crippen molar-refractivity contribution in [1.29, 1.82) is 0 Å². The zero-order valence-corrected chi connectivity index (χ0v) is 18.7. The van der Waals surface area contributed by atoms with Crippen LogP contribution in [0.5, 0.6) is 0 Å². The lowest BCUT2D eigenvalue weighted by atomic mass is 9.94. The lowest BCUT2D eigenvalue weighted by molar-refractivity contribution is -0.134. The second-order valence-electron chi connectivity index (χ2n) is 8.57. The Morgan fingerprint density at radius 3 is 2.21 bits per heavy atom. The van der Waals surface area contributed by atoms with Crippen molar-refractivity contribution >= 4 is 34.8 Å². The molecular weight excluding hydrogens is 407 g/mol. The van der Waals surface area contributed by atoms with Gasteiger partial charge >= 0.3 is 0 Å². The van der Waals surface area contributed by atoms with Crippen molar-refractivity contribution in [1.82, 2.24) is 14.7 Å². The molecule has 1 saturated carbocycles. The van der Waals surface area contributed by atoms with Gasteiger partial charge in [0.2, 0.25) is 5.91 Å². The van der Waals surface area contributed by atoms with Crippen LogP contribution in [0, 0.1) is 0 Å². The Hall–Kier alpha value is -1.01. The van der Waals surface area contributed by atoms with E-state index in [1.54, 1.807) is 0 Å². The molecule has 2 heterocycles. The largest absolute Gasteiger partial charge is 0.369 e.